The lowest BCUT2D eigenvalue weighted by Gasteiger charge is -2.12. The second-order valence-corrected chi connectivity index (χ2v) is 3.37. The minimum absolute atomic E-state index is 0.0214. The number of nitrogens with two attached hydrogens (primary N) is 1. The molecule has 80 valence electrons. The van der Waals surface area contributed by atoms with E-state index >= 15 is 0 Å². The molecule has 3 N–H and O–H groups in total. The molecule has 0 amide bonds. The molecular formula is C11H14N2O2. The average Bonchev–Trinajstić information content (AvgIpc) is 2.26. The Bertz CT molecular complexity index is 396. The van der Waals surface area contributed by atoms with Crippen LogP contribution in [-0.4, -0.2) is 18.8 Å². The van der Waals surface area contributed by atoms with Gasteiger partial charge in [-0.25, -0.2) is 0 Å². The number of nitrogens with zero attached hydrogens (tertiary/aromatic N) is 1. The maximum atomic E-state index is 9.63. The zero-order valence-electron chi connectivity index (χ0n) is 8.82. The molecule has 0 saturated heterocycles. The maximum Gasteiger partial charge on any atom is 0.178 e. The van der Waals surface area contributed by atoms with Crippen LogP contribution in [0.5, 0.6) is 11.5 Å². The largest absolute Gasteiger partial charge is 0.504 e. The minimum atomic E-state index is -0.0214. The van der Waals surface area contributed by atoms with E-state index in [1.54, 1.807) is 12.1 Å². The highest BCUT2D eigenvalue weighted by Crippen LogP contribution is 2.33. The molecule has 0 fully saturated rings. The van der Waals surface area contributed by atoms with Gasteiger partial charge in [0.05, 0.1) is 12.7 Å². The van der Waals surface area contributed by atoms with Crippen LogP contribution in [0.1, 0.15) is 24.0 Å². The van der Waals surface area contributed by atoms with Gasteiger partial charge >= 0.3 is 0 Å². The van der Waals surface area contributed by atoms with Crippen molar-refractivity contribution >= 4 is 0 Å². The molecule has 1 atom stereocenters. The smallest absolute Gasteiger partial charge is 0.178 e. The van der Waals surface area contributed by atoms with Crippen LogP contribution in [0.25, 0.3) is 0 Å². The van der Waals surface area contributed by atoms with E-state index in [-0.39, 0.29) is 17.4 Å². The van der Waals surface area contributed by atoms with Crippen LogP contribution in [-0.2, 0) is 0 Å². The summed E-state index contributed by atoms with van der Waals surface area (Å²) in [5.41, 5.74) is 6.69. The van der Waals surface area contributed by atoms with Crippen LogP contribution in [0.3, 0.4) is 0 Å². The number of hydrogen-bond acceptors (Lipinski definition) is 4. The second-order valence-electron chi connectivity index (χ2n) is 3.37. The third kappa shape index (κ3) is 2.20. The van der Waals surface area contributed by atoms with Crippen LogP contribution >= 0.6 is 0 Å². The third-order valence-electron chi connectivity index (χ3n) is 2.34. The second kappa shape index (κ2) is 4.67. The number of rotatable bonds is 3. The van der Waals surface area contributed by atoms with Crippen molar-refractivity contribution < 1.29 is 9.84 Å². The number of phenolic OH excluding ortho intramolecular Hbond substituents is 1. The molecule has 0 aliphatic rings. The highest BCUT2D eigenvalue weighted by Gasteiger charge is 2.13. The lowest BCUT2D eigenvalue weighted by atomic mass is 9.98. The van der Waals surface area contributed by atoms with Crippen molar-refractivity contribution in [3.63, 3.8) is 0 Å². The number of aromatic hydroxyl groups is 1. The quantitative estimate of drug-likeness (QED) is 0.782. The van der Waals surface area contributed by atoms with Crippen LogP contribution in [0, 0.1) is 11.3 Å². The van der Waals surface area contributed by atoms with Gasteiger partial charge < -0.3 is 15.6 Å². The fourth-order valence-corrected chi connectivity index (χ4v) is 1.35. The van der Waals surface area contributed by atoms with E-state index in [0.717, 1.165) is 5.56 Å². The van der Waals surface area contributed by atoms with Gasteiger partial charge in [-0.2, -0.15) is 5.26 Å². The van der Waals surface area contributed by atoms with Crippen LogP contribution in [0.4, 0.5) is 0 Å². The van der Waals surface area contributed by atoms with Gasteiger partial charge in [-0.1, -0.05) is 6.92 Å². The van der Waals surface area contributed by atoms with E-state index in [0.29, 0.717) is 12.1 Å². The van der Waals surface area contributed by atoms with E-state index in [2.05, 4.69) is 0 Å². The zero-order valence-corrected chi connectivity index (χ0v) is 8.82. The Kier molecular flexibility index (Phi) is 3.53. The summed E-state index contributed by atoms with van der Waals surface area (Å²) in [5.74, 6) is 0.297. The first kappa shape index (κ1) is 11.3. The Balaban J connectivity index is 3.27. The van der Waals surface area contributed by atoms with Gasteiger partial charge in [0, 0.05) is 0 Å². The number of nitriles is 1. The summed E-state index contributed by atoms with van der Waals surface area (Å²) in [6.07, 6.45) is 0. The molecule has 1 unspecified atom stereocenters. The van der Waals surface area contributed by atoms with Crippen LogP contribution in [0.2, 0.25) is 0 Å². The molecule has 0 heterocycles. The molecule has 1 rings (SSSR count). The fraction of sp³-hybridized carbons (Fsp3) is 0.364. The SMILES string of the molecule is COc1c(O)cc(C(C)CN)cc1C#N. The van der Waals surface area contributed by atoms with Gasteiger partial charge in [0.1, 0.15) is 6.07 Å². The third-order valence-corrected chi connectivity index (χ3v) is 2.34. The molecule has 4 nitrogen and oxygen atoms in total. The standard InChI is InChI=1S/C11H14N2O2/c1-7(5-12)8-3-9(6-13)11(15-2)10(14)4-8/h3-4,7,14H,5,12H2,1-2H3. The molecular weight excluding hydrogens is 192 g/mol. The summed E-state index contributed by atoms with van der Waals surface area (Å²) in [4.78, 5) is 0. The van der Waals surface area contributed by atoms with Gasteiger partial charge in [-0.05, 0) is 30.2 Å². The molecule has 0 aliphatic heterocycles. The topological polar surface area (TPSA) is 79.3 Å². The van der Waals surface area contributed by atoms with Gasteiger partial charge in [0.15, 0.2) is 11.5 Å². The maximum absolute atomic E-state index is 9.63. The molecule has 0 aromatic heterocycles. The minimum Gasteiger partial charge on any atom is -0.504 e. The van der Waals surface area contributed by atoms with Crippen molar-refractivity contribution in [2.24, 2.45) is 5.73 Å². The van der Waals surface area contributed by atoms with E-state index < -0.39 is 0 Å². The zero-order chi connectivity index (χ0) is 11.4. The number of phenols is 1. The number of hydrogen-bond donors (Lipinski definition) is 2. The lowest BCUT2D eigenvalue weighted by Crippen LogP contribution is -2.09. The lowest BCUT2D eigenvalue weighted by molar-refractivity contribution is 0.371. The van der Waals surface area contributed by atoms with Crippen molar-refractivity contribution in [1.29, 1.82) is 5.26 Å². The van der Waals surface area contributed by atoms with Gasteiger partial charge in [-0.3, -0.25) is 0 Å². The Morgan fingerprint density at radius 3 is 2.73 bits per heavy atom. The summed E-state index contributed by atoms with van der Waals surface area (Å²) in [6.45, 7) is 2.40. The first-order chi connectivity index (χ1) is 7.13. The Morgan fingerprint density at radius 2 is 2.27 bits per heavy atom. The van der Waals surface area contributed by atoms with Crippen molar-refractivity contribution in [3.8, 4) is 17.6 Å². The monoisotopic (exact) mass is 206 g/mol. The van der Waals surface area contributed by atoms with Gasteiger partial charge in [0.25, 0.3) is 0 Å². The van der Waals surface area contributed by atoms with Crippen molar-refractivity contribution in [2.45, 2.75) is 12.8 Å². The first-order valence-corrected chi connectivity index (χ1v) is 4.65. The molecule has 0 radical (unpaired) electrons. The first-order valence-electron chi connectivity index (χ1n) is 4.65. The molecule has 1 aromatic rings. The van der Waals surface area contributed by atoms with Crippen LogP contribution in [0.15, 0.2) is 12.1 Å². The molecule has 1 aromatic carbocycles. The summed E-state index contributed by atoms with van der Waals surface area (Å²) < 4.78 is 4.93. The van der Waals surface area contributed by atoms with Gasteiger partial charge in [0.2, 0.25) is 0 Å². The predicted molar refractivity (Wildman–Crippen MR) is 56.8 cm³/mol. The van der Waals surface area contributed by atoms with Crippen molar-refractivity contribution in [3.05, 3.63) is 23.3 Å². The molecule has 0 bridgehead atoms. The van der Waals surface area contributed by atoms with Crippen LogP contribution < -0.4 is 10.5 Å². The number of ether oxygens (including phenoxy) is 1. The van der Waals surface area contributed by atoms with E-state index in [1.165, 1.54) is 7.11 Å². The highest BCUT2D eigenvalue weighted by molar-refractivity contribution is 5.54. The average molecular weight is 206 g/mol. The molecule has 0 saturated carbocycles. The van der Waals surface area contributed by atoms with E-state index in [1.807, 2.05) is 13.0 Å². The summed E-state index contributed by atoms with van der Waals surface area (Å²) in [6, 6.07) is 5.25. The van der Waals surface area contributed by atoms with E-state index in [9.17, 15) is 5.11 Å². The fourth-order valence-electron chi connectivity index (χ4n) is 1.35. The summed E-state index contributed by atoms with van der Waals surface area (Å²) in [5, 5.41) is 18.5. The predicted octanol–water partition coefficient (Wildman–Crippen LogP) is 1.33. The summed E-state index contributed by atoms with van der Waals surface area (Å²) in [7, 11) is 1.42. The molecule has 0 spiro atoms. The highest BCUT2D eigenvalue weighted by atomic mass is 16.5. The molecule has 15 heavy (non-hydrogen) atoms. The van der Waals surface area contributed by atoms with Crippen molar-refractivity contribution in [2.75, 3.05) is 13.7 Å². The number of benzene rings is 1. The Hall–Kier alpha value is -1.73. The summed E-state index contributed by atoms with van der Waals surface area (Å²) >= 11 is 0. The molecule has 4 heteroatoms. The normalized spacial score (nSPS) is 11.9. The molecule has 0 aliphatic carbocycles. The Morgan fingerprint density at radius 1 is 1.60 bits per heavy atom. The van der Waals surface area contributed by atoms with Gasteiger partial charge in [-0.15, -0.1) is 0 Å². The Labute approximate surface area is 88.9 Å². The number of methoxy groups -OCH3 is 1. The van der Waals surface area contributed by atoms with E-state index in [4.69, 9.17) is 15.7 Å². The van der Waals surface area contributed by atoms with Crippen molar-refractivity contribution in [1.82, 2.24) is 0 Å².